The molecule has 7 heteroatoms. The summed E-state index contributed by atoms with van der Waals surface area (Å²) in [6, 6.07) is 19.1. The number of carbonyl (C=O) groups excluding carboxylic acids is 2. The summed E-state index contributed by atoms with van der Waals surface area (Å²) in [6.07, 6.45) is 0. The minimum atomic E-state index is -0.351. The molecule has 30 heavy (non-hydrogen) atoms. The molecule has 0 bridgehead atoms. The van der Waals surface area contributed by atoms with Crippen LogP contribution in [-0.2, 0) is 0 Å². The van der Waals surface area contributed by atoms with Gasteiger partial charge in [-0.05, 0) is 61.9 Å². The molecule has 2 amide bonds. The highest BCUT2D eigenvalue weighted by Crippen LogP contribution is 2.22. The summed E-state index contributed by atoms with van der Waals surface area (Å²) in [5.41, 5.74) is 6.32. The quantitative estimate of drug-likeness (QED) is 0.394. The Kier molecular flexibility index (Phi) is 6.87. The number of nitrogens with zero attached hydrogens (tertiary/aromatic N) is 1. The van der Waals surface area contributed by atoms with E-state index in [9.17, 15) is 9.59 Å². The van der Waals surface area contributed by atoms with Gasteiger partial charge in [-0.25, -0.2) is 5.43 Å². The molecular weight excluding hydrogens is 421 g/mol. The number of hydrogen-bond acceptors (Lipinski definition) is 3. The van der Waals surface area contributed by atoms with E-state index in [0.29, 0.717) is 27.5 Å². The summed E-state index contributed by atoms with van der Waals surface area (Å²) < 4.78 is 0. The summed E-state index contributed by atoms with van der Waals surface area (Å²) in [5.74, 6) is -0.643. The smallest absolute Gasteiger partial charge is 0.271 e. The number of benzene rings is 3. The fourth-order valence-electron chi connectivity index (χ4n) is 2.74. The molecule has 3 aromatic carbocycles. The Morgan fingerprint density at radius 2 is 1.60 bits per heavy atom. The molecule has 0 radical (unpaired) electrons. The maximum absolute atomic E-state index is 12.5. The van der Waals surface area contributed by atoms with Gasteiger partial charge >= 0.3 is 0 Å². The molecule has 2 N–H and O–H groups in total. The second kappa shape index (κ2) is 9.57. The van der Waals surface area contributed by atoms with Crippen LogP contribution in [-0.4, -0.2) is 17.5 Å². The molecule has 152 valence electrons. The largest absolute Gasteiger partial charge is 0.322 e. The number of nitrogens with one attached hydrogen (secondary N) is 2. The number of anilines is 1. The van der Waals surface area contributed by atoms with Crippen molar-refractivity contribution in [2.45, 2.75) is 13.8 Å². The molecule has 3 rings (SSSR count). The topological polar surface area (TPSA) is 70.6 Å². The van der Waals surface area contributed by atoms with Crippen molar-refractivity contribution in [2.75, 3.05) is 5.32 Å². The van der Waals surface area contributed by atoms with Gasteiger partial charge in [0, 0.05) is 16.3 Å². The van der Waals surface area contributed by atoms with Crippen LogP contribution in [0.25, 0.3) is 0 Å². The van der Waals surface area contributed by atoms with Crippen molar-refractivity contribution in [1.82, 2.24) is 5.43 Å². The lowest BCUT2D eigenvalue weighted by Crippen LogP contribution is -2.19. The normalized spacial score (nSPS) is 11.1. The third kappa shape index (κ3) is 5.47. The predicted octanol–water partition coefficient (Wildman–Crippen LogP) is 5.71. The number of hydrogen-bond donors (Lipinski definition) is 2. The van der Waals surface area contributed by atoms with Gasteiger partial charge in [-0.3, -0.25) is 9.59 Å². The maximum Gasteiger partial charge on any atom is 0.271 e. The molecule has 0 unspecified atom stereocenters. The van der Waals surface area contributed by atoms with Crippen LogP contribution in [0.4, 0.5) is 5.69 Å². The van der Waals surface area contributed by atoms with Crippen molar-refractivity contribution in [3.8, 4) is 0 Å². The van der Waals surface area contributed by atoms with Gasteiger partial charge in [-0.2, -0.15) is 5.10 Å². The third-order valence-corrected chi connectivity index (χ3v) is 4.87. The van der Waals surface area contributed by atoms with E-state index in [1.165, 1.54) is 6.07 Å². The molecule has 5 nitrogen and oxygen atoms in total. The molecule has 0 aliphatic carbocycles. The summed E-state index contributed by atoms with van der Waals surface area (Å²) in [7, 11) is 0. The van der Waals surface area contributed by atoms with E-state index in [4.69, 9.17) is 23.2 Å². The van der Waals surface area contributed by atoms with Gasteiger partial charge in [0.05, 0.1) is 16.3 Å². The molecule has 0 spiro atoms. The molecule has 0 saturated carbocycles. The molecule has 0 heterocycles. The van der Waals surface area contributed by atoms with Gasteiger partial charge in [0.15, 0.2) is 0 Å². The fourth-order valence-corrected chi connectivity index (χ4v) is 3.24. The van der Waals surface area contributed by atoms with Crippen LogP contribution in [0.2, 0.25) is 10.0 Å². The first-order valence-corrected chi connectivity index (χ1v) is 9.87. The van der Waals surface area contributed by atoms with E-state index in [1.54, 1.807) is 49.4 Å². The van der Waals surface area contributed by atoms with E-state index >= 15 is 0 Å². The Morgan fingerprint density at radius 3 is 2.33 bits per heavy atom. The summed E-state index contributed by atoms with van der Waals surface area (Å²) in [5, 5.41) is 7.70. The first-order chi connectivity index (χ1) is 14.3. The minimum absolute atomic E-state index is 0.271. The number of carbonyl (C=O) groups is 2. The highest BCUT2D eigenvalue weighted by atomic mass is 35.5. The number of hydrazone groups is 1. The van der Waals surface area contributed by atoms with Crippen LogP contribution in [0, 0.1) is 6.92 Å². The third-order valence-electron chi connectivity index (χ3n) is 4.32. The highest BCUT2D eigenvalue weighted by Gasteiger charge is 2.12. The zero-order chi connectivity index (χ0) is 21.7. The van der Waals surface area contributed by atoms with Crippen molar-refractivity contribution < 1.29 is 9.59 Å². The monoisotopic (exact) mass is 439 g/mol. The zero-order valence-electron chi connectivity index (χ0n) is 16.4. The lowest BCUT2D eigenvalue weighted by molar-refractivity contribution is 0.0954. The van der Waals surface area contributed by atoms with E-state index in [1.807, 2.05) is 25.1 Å². The molecule has 0 fully saturated rings. The van der Waals surface area contributed by atoms with Crippen LogP contribution in [0.3, 0.4) is 0 Å². The van der Waals surface area contributed by atoms with Gasteiger partial charge in [0.2, 0.25) is 0 Å². The maximum atomic E-state index is 12.5. The Bertz CT molecular complexity index is 1140. The van der Waals surface area contributed by atoms with E-state index in [0.717, 1.165) is 11.1 Å². The number of rotatable bonds is 5. The van der Waals surface area contributed by atoms with Crippen molar-refractivity contribution in [3.05, 3.63) is 99.0 Å². The molecule has 0 atom stereocenters. The molecule has 0 saturated heterocycles. The molecule has 0 aliphatic rings. The van der Waals surface area contributed by atoms with Crippen molar-refractivity contribution in [3.63, 3.8) is 0 Å². The number of halogens is 2. The molecule has 0 aliphatic heterocycles. The average molecular weight is 440 g/mol. The van der Waals surface area contributed by atoms with Crippen LogP contribution < -0.4 is 10.7 Å². The summed E-state index contributed by atoms with van der Waals surface area (Å²) in [6.45, 7) is 3.69. The Labute approximate surface area is 184 Å². The van der Waals surface area contributed by atoms with Crippen LogP contribution >= 0.6 is 23.2 Å². The summed E-state index contributed by atoms with van der Waals surface area (Å²) in [4.78, 5) is 24.8. The van der Waals surface area contributed by atoms with Gasteiger partial charge in [-0.1, -0.05) is 53.0 Å². The zero-order valence-corrected chi connectivity index (χ0v) is 17.9. The van der Waals surface area contributed by atoms with Gasteiger partial charge in [-0.15, -0.1) is 0 Å². The van der Waals surface area contributed by atoms with Crippen LogP contribution in [0.5, 0.6) is 0 Å². The van der Waals surface area contributed by atoms with Crippen molar-refractivity contribution in [2.24, 2.45) is 5.10 Å². The number of amides is 2. The number of aryl methyl sites for hydroxylation is 1. The second-order valence-electron chi connectivity index (χ2n) is 6.67. The van der Waals surface area contributed by atoms with E-state index < -0.39 is 0 Å². The molecular formula is C23H19Cl2N3O2. The van der Waals surface area contributed by atoms with Crippen LogP contribution in [0.1, 0.15) is 38.8 Å². The molecule has 3 aromatic rings. The Hall–Kier alpha value is -3.15. The summed E-state index contributed by atoms with van der Waals surface area (Å²) >= 11 is 12.0. The Balaban J connectivity index is 1.71. The van der Waals surface area contributed by atoms with E-state index in [2.05, 4.69) is 15.8 Å². The highest BCUT2D eigenvalue weighted by molar-refractivity contribution is 6.37. The fraction of sp³-hybridized carbons (Fsp3) is 0.0870. The lowest BCUT2D eigenvalue weighted by atomic mass is 10.1. The van der Waals surface area contributed by atoms with Crippen molar-refractivity contribution in [1.29, 1.82) is 0 Å². The van der Waals surface area contributed by atoms with Gasteiger partial charge in [0.1, 0.15) is 0 Å². The first kappa shape index (κ1) is 21.6. The first-order valence-electron chi connectivity index (χ1n) is 9.11. The second-order valence-corrected chi connectivity index (χ2v) is 7.51. The van der Waals surface area contributed by atoms with E-state index in [-0.39, 0.29) is 16.8 Å². The standard InChI is InChI=1S/C23H19Cl2N3O2/c1-14-5-3-7-17(11-14)22(29)28-27-15(2)16-6-4-8-19(12-16)26-23(30)20-10-9-18(24)13-21(20)25/h3-13H,1-2H3,(H,26,30)(H,28,29). The van der Waals surface area contributed by atoms with Crippen LogP contribution in [0.15, 0.2) is 71.8 Å². The Morgan fingerprint density at radius 1 is 0.867 bits per heavy atom. The SMILES string of the molecule is CC(=NNC(=O)c1cccc(C)c1)c1cccc(NC(=O)c2ccc(Cl)cc2Cl)c1. The predicted molar refractivity (Wildman–Crippen MR) is 122 cm³/mol. The van der Waals surface area contributed by atoms with Gasteiger partial charge in [0.25, 0.3) is 11.8 Å². The lowest BCUT2D eigenvalue weighted by Gasteiger charge is -2.09. The van der Waals surface area contributed by atoms with Gasteiger partial charge < -0.3 is 5.32 Å². The average Bonchev–Trinajstić information content (AvgIpc) is 2.71. The molecule has 0 aromatic heterocycles. The minimum Gasteiger partial charge on any atom is -0.322 e. The van der Waals surface area contributed by atoms with Crippen molar-refractivity contribution >= 4 is 46.4 Å².